The lowest BCUT2D eigenvalue weighted by atomic mass is 10.2. The lowest BCUT2D eigenvalue weighted by Crippen LogP contribution is -2.01. The molecule has 6 heteroatoms. The second-order valence-corrected chi connectivity index (χ2v) is 7.66. The van der Waals surface area contributed by atoms with Gasteiger partial charge in [0.25, 0.3) is 0 Å². The van der Waals surface area contributed by atoms with Gasteiger partial charge in [-0.2, -0.15) is 0 Å². The highest BCUT2D eigenvalue weighted by molar-refractivity contribution is 9.28. The van der Waals surface area contributed by atoms with Gasteiger partial charge in [0, 0.05) is 11.9 Å². The summed E-state index contributed by atoms with van der Waals surface area (Å²) < 4.78 is 12.1. The topological polar surface area (TPSA) is 18.5 Å². The van der Waals surface area contributed by atoms with Gasteiger partial charge in [-0.05, 0) is 69.3 Å². The third kappa shape index (κ3) is 6.70. The van der Waals surface area contributed by atoms with E-state index in [-0.39, 0.29) is 0 Å². The first-order chi connectivity index (χ1) is 9.54. The predicted octanol–water partition coefficient (Wildman–Crippen LogP) is 6.06. The molecule has 1 aromatic carbocycles. The zero-order valence-corrected chi connectivity index (χ0v) is 15.8. The normalized spacial score (nSPS) is 10.2. The van der Waals surface area contributed by atoms with Gasteiger partial charge < -0.3 is 9.47 Å². The Morgan fingerprint density at radius 3 is 2.60 bits per heavy atom. The van der Waals surface area contributed by atoms with Crippen molar-refractivity contribution >= 4 is 55.1 Å². The lowest BCUT2D eigenvalue weighted by molar-refractivity contribution is 0.306. The molecule has 0 heterocycles. The number of hydrogen-bond donors (Lipinski definition) is 0. The molecule has 0 aliphatic heterocycles. The smallest absolute Gasteiger partial charge is 0.141 e. The number of hydrogen-bond acceptors (Lipinski definition) is 2. The van der Waals surface area contributed by atoms with Crippen molar-refractivity contribution in [3.63, 3.8) is 0 Å². The molecule has 0 radical (unpaired) electrons. The summed E-state index contributed by atoms with van der Waals surface area (Å²) >= 11 is 18.4. The fraction of sp³-hybridized carbons (Fsp3) is 0.429. The van der Waals surface area contributed by atoms with Crippen molar-refractivity contribution in [1.29, 1.82) is 0 Å². The Morgan fingerprint density at radius 2 is 2.00 bits per heavy atom. The molecule has 0 fully saturated rings. The molecule has 0 aromatic heterocycles. The highest BCUT2D eigenvalue weighted by Crippen LogP contribution is 2.33. The van der Waals surface area contributed by atoms with E-state index >= 15 is 0 Å². The van der Waals surface area contributed by atoms with E-state index in [9.17, 15) is 0 Å². The van der Waals surface area contributed by atoms with Crippen molar-refractivity contribution in [1.82, 2.24) is 0 Å². The molecule has 1 aromatic rings. The minimum atomic E-state index is 0.456. The summed E-state index contributed by atoms with van der Waals surface area (Å²) in [4.78, 5) is 0. The molecule has 0 N–H and O–H groups in total. The summed E-state index contributed by atoms with van der Waals surface area (Å²) in [5, 5.41) is 0.563. The van der Waals surface area contributed by atoms with E-state index in [2.05, 4.69) is 31.9 Å². The van der Waals surface area contributed by atoms with E-state index in [1.165, 1.54) is 0 Å². The van der Waals surface area contributed by atoms with Crippen molar-refractivity contribution in [2.24, 2.45) is 0 Å². The Morgan fingerprint density at radius 1 is 1.25 bits per heavy atom. The SMILES string of the molecule is Cc1cc(OCC=C(Br)Br)cc(Cl)c1OCCCCCl. The zero-order valence-electron chi connectivity index (χ0n) is 11.1. The molecular weight excluding hydrogens is 431 g/mol. The molecule has 0 bridgehead atoms. The fourth-order valence-electron chi connectivity index (χ4n) is 1.54. The molecule has 1 rings (SSSR count). The standard InChI is InChI=1S/C14H16Br2Cl2O2/c1-10-8-11(19-7-4-13(15)16)9-12(18)14(10)20-6-3-2-5-17/h4,8-9H,2-3,5-7H2,1H3. The molecule has 0 amide bonds. The second-order valence-electron chi connectivity index (χ2n) is 4.10. The van der Waals surface area contributed by atoms with Crippen LogP contribution in [0.4, 0.5) is 0 Å². The molecule has 0 spiro atoms. The zero-order chi connectivity index (χ0) is 15.0. The van der Waals surface area contributed by atoms with Gasteiger partial charge in [0.2, 0.25) is 0 Å². The predicted molar refractivity (Wildman–Crippen MR) is 93.1 cm³/mol. The lowest BCUT2D eigenvalue weighted by Gasteiger charge is -2.13. The number of unbranched alkanes of at least 4 members (excludes halogenated alkanes) is 1. The van der Waals surface area contributed by atoms with E-state index < -0.39 is 0 Å². The van der Waals surface area contributed by atoms with Gasteiger partial charge in [-0.15, -0.1) is 11.6 Å². The summed E-state index contributed by atoms with van der Waals surface area (Å²) in [6.45, 7) is 3.02. The quantitative estimate of drug-likeness (QED) is 0.357. The Balaban J connectivity index is 2.63. The number of aryl methyl sites for hydroxylation is 1. The highest BCUT2D eigenvalue weighted by Gasteiger charge is 2.08. The first kappa shape index (κ1) is 18.1. The minimum Gasteiger partial charge on any atom is -0.492 e. The van der Waals surface area contributed by atoms with E-state index in [0.717, 1.165) is 27.5 Å². The second kappa shape index (κ2) is 9.93. The van der Waals surface area contributed by atoms with Crippen molar-refractivity contribution in [3.05, 3.63) is 32.2 Å². The van der Waals surface area contributed by atoms with Gasteiger partial charge in [-0.25, -0.2) is 0 Å². The number of halogens is 4. The number of ether oxygens (including phenoxy) is 2. The van der Waals surface area contributed by atoms with Crippen molar-refractivity contribution in [2.45, 2.75) is 19.8 Å². The molecular formula is C14H16Br2Cl2O2. The Hall–Kier alpha value is 0.1000. The molecule has 0 unspecified atom stereocenters. The van der Waals surface area contributed by atoms with Crippen LogP contribution in [0.25, 0.3) is 0 Å². The summed E-state index contributed by atoms with van der Waals surface area (Å²) in [6, 6.07) is 3.68. The van der Waals surface area contributed by atoms with Gasteiger partial charge in [-0.3, -0.25) is 0 Å². The van der Waals surface area contributed by atoms with E-state index in [0.29, 0.717) is 29.9 Å². The Bertz CT molecular complexity index is 437. The van der Waals surface area contributed by atoms with Crippen LogP contribution in [-0.2, 0) is 0 Å². The van der Waals surface area contributed by atoms with Crippen LogP contribution in [0.5, 0.6) is 11.5 Å². The maximum atomic E-state index is 6.22. The number of rotatable bonds is 8. The average molecular weight is 447 g/mol. The number of alkyl halides is 1. The monoisotopic (exact) mass is 444 g/mol. The summed E-state index contributed by atoms with van der Waals surface area (Å²) in [5.41, 5.74) is 0.959. The summed E-state index contributed by atoms with van der Waals surface area (Å²) in [5.74, 6) is 2.09. The molecule has 0 saturated carbocycles. The molecule has 0 atom stereocenters. The molecule has 2 nitrogen and oxygen atoms in total. The maximum absolute atomic E-state index is 6.22. The largest absolute Gasteiger partial charge is 0.492 e. The summed E-state index contributed by atoms with van der Waals surface area (Å²) in [7, 11) is 0. The minimum absolute atomic E-state index is 0.456. The molecule has 0 saturated heterocycles. The van der Waals surface area contributed by atoms with Gasteiger partial charge in [0.15, 0.2) is 0 Å². The van der Waals surface area contributed by atoms with Crippen molar-refractivity contribution in [2.75, 3.05) is 19.1 Å². The summed E-state index contributed by atoms with van der Waals surface area (Å²) in [6.07, 6.45) is 3.72. The van der Waals surface area contributed by atoms with Gasteiger partial charge in [-0.1, -0.05) is 11.6 Å². The van der Waals surface area contributed by atoms with Crippen LogP contribution in [0.1, 0.15) is 18.4 Å². The van der Waals surface area contributed by atoms with Crippen LogP contribution in [0.2, 0.25) is 5.02 Å². The van der Waals surface area contributed by atoms with Crippen LogP contribution in [0, 0.1) is 6.92 Å². The average Bonchev–Trinajstić information content (AvgIpc) is 2.36. The fourth-order valence-corrected chi connectivity index (χ4v) is 2.30. The van der Waals surface area contributed by atoms with Crippen LogP contribution >= 0.6 is 55.1 Å². The third-order valence-corrected chi connectivity index (χ3v) is 3.66. The third-order valence-electron chi connectivity index (χ3n) is 2.46. The van der Waals surface area contributed by atoms with Crippen molar-refractivity contribution in [3.8, 4) is 11.5 Å². The van der Waals surface area contributed by atoms with E-state index in [4.69, 9.17) is 32.7 Å². The van der Waals surface area contributed by atoms with E-state index in [1.54, 1.807) is 6.07 Å². The first-order valence-electron chi connectivity index (χ1n) is 6.17. The highest BCUT2D eigenvalue weighted by atomic mass is 79.9. The molecule has 0 aliphatic rings. The van der Waals surface area contributed by atoms with Crippen LogP contribution in [0.3, 0.4) is 0 Å². The molecule has 112 valence electrons. The number of benzene rings is 1. The van der Waals surface area contributed by atoms with Crippen molar-refractivity contribution < 1.29 is 9.47 Å². The maximum Gasteiger partial charge on any atom is 0.141 e. The first-order valence-corrected chi connectivity index (χ1v) is 8.67. The Labute approximate surface area is 146 Å². The molecule has 0 aliphatic carbocycles. The molecule has 20 heavy (non-hydrogen) atoms. The van der Waals surface area contributed by atoms with Crippen LogP contribution < -0.4 is 9.47 Å². The van der Waals surface area contributed by atoms with Crippen LogP contribution in [0.15, 0.2) is 21.6 Å². The van der Waals surface area contributed by atoms with Crippen LogP contribution in [-0.4, -0.2) is 19.1 Å². The van der Waals surface area contributed by atoms with Gasteiger partial charge in [0.1, 0.15) is 18.1 Å². The van der Waals surface area contributed by atoms with Gasteiger partial charge >= 0.3 is 0 Å². The van der Waals surface area contributed by atoms with E-state index in [1.807, 2.05) is 19.1 Å². The Kier molecular flexibility index (Phi) is 9.01. The van der Waals surface area contributed by atoms with Gasteiger partial charge in [0.05, 0.1) is 15.0 Å².